The number of aromatic amines is 1. The van der Waals surface area contributed by atoms with Gasteiger partial charge < -0.3 is 15.0 Å². The second-order valence-electron chi connectivity index (χ2n) is 5.78. The van der Waals surface area contributed by atoms with Gasteiger partial charge in [0.05, 0.1) is 22.0 Å². The second-order valence-corrected chi connectivity index (χ2v) is 6.19. The Balaban J connectivity index is 2.03. The third-order valence-corrected chi connectivity index (χ3v) is 4.25. The van der Waals surface area contributed by atoms with E-state index in [1.54, 1.807) is 0 Å². The van der Waals surface area contributed by atoms with Crippen LogP contribution >= 0.6 is 11.6 Å². The third-order valence-electron chi connectivity index (χ3n) is 3.96. The molecule has 0 aliphatic carbocycles. The molecule has 0 aliphatic rings. The Kier molecular flexibility index (Phi) is 5.90. The van der Waals surface area contributed by atoms with Crippen LogP contribution in [0.25, 0.3) is 0 Å². The molecule has 9 heteroatoms. The zero-order valence-corrected chi connectivity index (χ0v) is 15.5. The van der Waals surface area contributed by atoms with Gasteiger partial charge in [0.2, 0.25) is 0 Å². The van der Waals surface area contributed by atoms with Crippen molar-refractivity contribution in [2.24, 2.45) is 0 Å². The summed E-state index contributed by atoms with van der Waals surface area (Å²) in [4.78, 5) is 14.8. The highest BCUT2D eigenvalue weighted by Gasteiger charge is 2.20. The fourth-order valence-corrected chi connectivity index (χ4v) is 2.78. The van der Waals surface area contributed by atoms with Crippen molar-refractivity contribution in [3.05, 3.63) is 86.8 Å². The summed E-state index contributed by atoms with van der Waals surface area (Å²) in [6.07, 6.45) is 1.17. The normalized spacial score (nSPS) is 10.3. The van der Waals surface area contributed by atoms with Gasteiger partial charge in [-0.1, -0.05) is 17.7 Å². The number of ether oxygens (including phenoxy) is 1. The number of para-hydroxylation sites is 1. The maximum atomic E-state index is 14.0. The predicted molar refractivity (Wildman–Crippen MR) is 105 cm³/mol. The molecule has 1 aromatic heterocycles. The van der Waals surface area contributed by atoms with Crippen LogP contribution < -0.4 is 15.6 Å². The van der Waals surface area contributed by atoms with E-state index in [0.717, 1.165) is 12.1 Å². The molecule has 3 rings (SSSR count). The number of nitriles is 1. The molecule has 3 N–H and O–H groups in total. The molecule has 0 amide bonds. The van der Waals surface area contributed by atoms with Crippen LogP contribution in [0.1, 0.15) is 11.1 Å². The highest BCUT2D eigenvalue weighted by molar-refractivity contribution is 6.34. The Hall–Kier alpha value is -3.70. The second kappa shape index (κ2) is 8.54. The largest absolute Gasteiger partial charge is 0.479 e. The summed E-state index contributed by atoms with van der Waals surface area (Å²) in [7, 11) is 0. The Labute approximate surface area is 168 Å². The van der Waals surface area contributed by atoms with Crippen molar-refractivity contribution in [3.8, 4) is 11.8 Å². The fourth-order valence-electron chi connectivity index (χ4n) is 2.59. The van der Waals surface area contributed by atoms with Gasteiger partial charge in [0, 0.05) is 11.8 Å². The Morgan fingerprint density at radius 3 is 2.45 bits per heavy atom. The van der Waals surface area contributed by atoms with Crippen LogP contribution in [0.2, 0.25) is 5.02 Å². The first kappa shape index (κ1) is 20.0. The molecular weight excluding hydrogens is 402 g/mol. The standard InChI is InChI=1S/C20H13ClF2N4O2/c21-13-10-26-20(28)16(18(13)27-19-14(22)2-1-3-15(19)23)17(25)11-4-6-12(7-5-11)29-9-8-24/h1-7,10,25H,9H2,(H2,26,27,28). The molecule has 0 unspecified atom stereocenters. The number of hydrogen-bond acceptors (Lipinski definition) is 5. The minimum atomic E-state index is -0.877. The monoisotopic (exact) mass is 414 g/mol. The number of aromatic nitrogens is 1. The molecule has 146 valence electrons. The molecule has 0 fully saturated rings. The van der Waals surface area contributed by atoms with Crippen LogP contribution in [-0.4, -0.2) is 17.3 Å². The first-order valence-corrected chi connectivity index (χ1v) is 8.61. The summed E-state index contributed by atoms with van der Waals surface area (Å²) in [5.74, 6) is -1.34. The van der Waals surface area contributed by atoms with Crippen molar-refractivity contribution in [2.45, 2.75) is 0 Å². The molecule has 0 spiro atoms. The molecule has 0 atom stereocenters. The average molecular weight is 415 g/mol. The van der Waals surface area contributed by atoms with E-state index in [2.05, 4.69) is 10.3 Å². The number of halogens is 3. The van der Waals surface area contributed by atoms with Gasteiger partial charge in [-0.15, -0.1) is 0 Å². The number of nitrogens with zero attached hydrogens (tertiary/aromatic N) is 1. The molecule has 29 heavy (non-hydrogen) atoms. The fraction of sp³-hybridized carbons (Fsp3) is 0.0500. The molecule has 0 bridgehead atoms. The van der Waals surface area contributed by atoms with Crippen molar-refractivity contribution in [1.29, 1.82) is 10.7 Å². The number of benzene rings is 2. The van der Waals surface area contributed by atoms with E-state index in [1.807, 2.05) is 6.07 Å². The van der Waals surface area contributed by atoms with Gasteiger partial charge in [0.15, 0.2) is 6.61 Å². The highest BCUT2D eigenvalue weighted by Crippen LogP contribution is 2.31. The molecular formula is C20H13ClF2N4O2. The molecule has 1 heterocycles. The topological polar surface area (TPSA) is 102 Å². The number of hydrogen-bond donors (Lipinski definition) is 3. The van der Waals surface area contributed by atoms with E-state index in [4.69, 9.17) is 27.0 Å². The van der Waals surface area contributed by atoms with E-state index in [9.17, 15) is 13.6 Å². The Morgan fingerprint density at radius 2 is 1.83 bits per heavy atom. The summed E-state index contributed by atoms with van der Waals surface area (Å²) in [6, 6.07) is 11.2. The molecule has 0 saturated heterocycles. The van der Waals surface area contributed by atoms with Crippen molar-refractivity contribution in [3.63, 3.8) is 0 Å². The maximum absolute atomic E-state index is 14.0. The van der Waals surface area contributed by atoms with Crippen LogP contribution in [0.4, 0.5) is 20.2 Å². The van der Waals surface area contributed by atoms with Gasteiger partial charge in [-0.05, 0) is 36.4 Å². The zero-order chi connectivity index (χ0) is 21.0. The SMILES string of the molecule is N#CCOc1ccc(C(=N)c2c(Nc3c(F)cccc3F)c(Cl)c[nH]c2=O)cc1. The highest BCUT2D eigenvalue weighted by atomic mass is 35.5. The van der Waals surface area contributed by atoms with Gasteiger partial charge in [0.1, 0.15) is 29.1 Å². The van der Waals surface area contributed by atoms with Gasteiger partial charge in [0.25, 0.3) is 5.56 Å². The lowest BCUT2D eigenvalue weighted by molar-refractivity contribution is 0.368. The lowest BCUT2D eigenvalue weighted by atomic mass is 10.0. The minimum Gasteiger partial charge on any atom is -0.479 e. The average Bonchev–Trinajstić information content (AvgIpc) is 2.71. The van der Waals surface area contributed by atoms with E-state index in [1.165, 1.54) is 36.5 Å². The molecule has 0 aliphatic heterocycles. The number of pyridine rings is 1. The Morgan fingerprint density at radius 1 is 1.17 bits per heavy atom. The lowest BCUT2D eigenvalue weighted by Crippen LogP contribution is -2.21. The van der Waals surface area contributed by atoms with Gasteiger partial charge in [-0.3, -0.25) is 10.2 Å². The van der Waals surface area contributed by atoms with Crippen molar-refractivity contribution < 1.29 is 13.5 Å². The van der Waals surface area contributed by atoms with Crippen LogP contribution in [0, 0.1) is 28.4 Å². The van der Waals surface area contributed by atoms with Crippen LogP contribution in [0.3, 0.4) is 0 Å². The van der Waals surface area contributed by atoms with Crippen molar-refractivity contribution in [2.75, 3.05) is 11.9 Å². The third kappa shape index (κ3) is 4.25. The minimum absolute atomic E-state index is 0.0269. The lowest BCUT2D eigenvalue weighted by Gasteiger charge is -2.15. The molecule has 0 saturated carbocycles. The van der Waals surface area contributed by atoms with Crippen LogP contribution in [0.15, 0.2) is 53.5 Å². The summed E-state index contributed by atoms with van der Waals surface area (Å²) in [5.41, 5.74) is -1.34. The molecule has 0 radical (unpaired) electrons. The van der Waals surface area contributed by atoms with E-state index in [-0.39, 0.29) is 28.6 Å². The van der Waals surface area contributed by atoms with E-state index in [0.29, 0.717) is 11.3 Å². The first-order chi connectivity index (χ1) is 13.9. The van der Waals surface area contributed by atoms with Gasteiger partial charge >= 0.3 is 0 Å². The van der Waals surface area contributed by atoms with Gasteiger partial charge in [-0.2, -0.15) is 5.26 Å². The number of rotatable bonds is 6. The van der Waals surface area contributed by atoms with Gasteiger partial charge in [-0.25, -0.2) is 8.78 Å². The van der Waals surface area contributed by atoms with E-state index < -0.39 is 22.9 Å². The zero-order valence-electron chi connectivity index (χ0n) is 14.7. The first-order valence-electron chi connectivity index (χ1n) is 8.23. The number of H-pyrrole nitrogens is 1. The van der Waals surface area contributed by atoms with E-state index >= 15 is 0 Å². The molecule has 3 aromatic rings. The number of nitrogens with one attached hydrogen (secondary N) is 3. The smallest absolute Gasteiger partial charge is 0.259 e. The van der Waals surface area contributed by atoms with Crippen LogP contribution in [0.5, 0.6) is 5.75 Å². The molecule has 2 aromatic carbocycles. The van der Waals surface area contributed by atoms with Crippen molar-refractivity contribution in [1.82, 2.24) is 4.98 Å². The Bertz CT molecular complexity index is 1150. The molecule has 6 nitrogen and oxygen atoms in total. The summed E-state index contributed by atoms with van der Waals surface area (Å²) in [6.45, 7) is -0.132. The maximum Gasteiger partial charge on any atom is 0.259 e. The summed E-state index contributed by atoms with van der Waals surface area (Å²) in [5, 5.41) is 19.5. The summed E-state index contributed by atoms with van der Waals surface area (Å²) >= 11 is 6.15. The van der Waals surface area contributed by atoms with Crippen LogP contribution in [-0.2, 0) is 0 Å². The van der Waals surface area contributed by atoms with Crippen molar-refractivity contribution >= 4 is 28.7 Å². The summed E-state index contributed by atoms with van der Waals surface area (Å²) < 4.78 is 33.2. The quantitative estimate of drug-likeness (QED) is 0.521. The predicted octanol–water partition coefficient (Wildman–Crippen LogP) is 4.37. The number of anilines is 2.